The number of rotatable bonds is 3. The van der Waals surface area contributed by atoms with E-state index in [2.05, 4.69) is 15.4 Å². The van der Waals surface area contributed by atoms with Gasteiger partial charge in [0.25, 0.3) is 5.56 Å². The molecule has 1 amide bonds. The highest BCUT2D eigenvalue weighted by Gasteiger charge is 2.51. The van der Waals surface area contributed by atoms with Gasteiger partial charge in [0, 0.05) is 5.69 Å². The Kier molecular flexibility index (Phi) is 4.23. The number of carbonyl (C=O) groups excluding carboxylic acids is 1. The Balaban J connectivity index is 1.50. The normalized spacial score (nSPS) is 16.1. The molecule has 8 nitrogen and oxygen atoms in total. The van der Waals surface area contributed by atoms with Crippen LogP contribution in [0, 0.1) is 0 Å². The molecule has 0 radical (unpaired) electrons. The summed E-state index contributed by atoms with van der Waals surface area (Å²) >= 11 is 12.7. The van der Waals surface area contributed by atoms with Gasteiger partial charge in [0.1, 0.15) is 11.9 Å². The van der Waals surface area contributed by atoms with Crippen LogP contribution >= 0.6 is 23.2 Å². The lowest BCUT2D eigenvalue weighted by Crippen LogP contribution is -2.40. The van der Waals surface area contributed by atoms with Crippen molar-refractivity contribution in [3.05, 3.63) is 73.0 Å². The number of aromatic amines is 1. The molecule has 10 heteroatoms. The largest absolute Gasteiger partial charge is 0.454 e. The number of fused-ring (bicyclic) bond motifs is 2. The third-order valence-corrected chi connectivity index (χ3v) is 6.12. The van der Waals surface area contributed by atoms with E-state index in [-0.39, 0.29) is 27.4 Å². The number of H-pyrrole nitrogens is 1. The Morgan fingerprint density at radius 1 is 1.07 bits per heavy atom. The molecular weight excluding hydrogens is 431 g/mol. The summed E-state index contributed by atoms with van der Waals surface area (Å²) in [4.78, 5) is 37.7. The van der Waals surface area contributed by atoms with E-state index in [1.807, 2.05) is 6.07 Å². The van der Waals surface area contributed by atoms with Gasteiger partial charge in [-0.2, -0.15) is 9.78 Å². The number of nitrogens with one attached hydrogen (secondary N) is 2. The van der Waals surface area contributed by atoms with E-state index < -0.39 is 16.7 Å². The number of carbonyl (C=O) groups is 1. The Morgan fingerprint density at radius 2 is 1.80 bits per heavy atom. The Morgan fingerprint density at radius 3 is 2.43 bits per heavy atom. The van der Waals surface area contributed by atoms with E-state index in [1.54, 1.807) is 12.1 Å². The molecule has 5 rings (SSSR count). The first-order chi connectivity index (χ1) is 14.4. The van der Waals surface area contributed by atoms with E-state index >= 15 is 0 Å². The van der Waals surface area contributed by atoms with Crippen LogP contribution in [-0.4, -0.2) is 20.7 Å². The van der Waals surface area contributed by atoms with Crippen molar-refractivity contribution in [3.8, 4) is 17.2 Å². The lowest BCUT2D eigenvalue weighted by atomic mass is 9.65. The number of amides is 1. The molecule has 1 fully saturated rings. The molecule has 0 saturated heterocycles. The minimum atomic E-state index is -0.718. The van der Waals surface area contributed by atoms with Crippen molar-refractivity contribution < 1.29 is 9.53 Å². The molecule has 0 bridgehead atoms. The highest BCUT2D eigenvalue weighted by molar-refractivity contribution is 6.37. The van der Waals surface area contributed by atoms with Crippen molar-refractivity contribution >= 4 is 34.8 Å². The van der Waals surface area contributed by atoms with Crippen LogP contribution in [0.5, 0.6) is 11.5 Å². The monoisotopic (exact) mass is 444 g/mol. The minimum absolute atomic E-state index is 0.0279. The standard InChI is InChI=1S/C20H14Cl2N4O4/c21-13-6-10(26-19(29)25-16(27)9-23-26)7-14(22)17(13)30-11-2-3-15-12(8-11)20(4-1-5-20)18(28)24-15/h2-3,6-9H,1,4-5H2,(H,24,28)(H,25,27,29). The molecule has 1 aliphatic heterocycles. The number of nitrogens with zero attached hydrogens (tertiary/aromatic N) is 2. The smallest absolute Gasteiger partial charge is 0.349 e. The Bertz CT molecular complexity index is 1300. The zero-order valence-electron chi connectivity index (χ0n) is 15.4. The van der Waals surface area contributed by atoms with Crippen molar-refractivity contribution in [1.29, 1.82) is 0 Å². The third-order valence-electron chi connectivity index (χ3n) is 5.56. The van der Waals surface area contributed by atoms with Gasteiger partial charge in [-0.25, -0.2) is 4.79 Å². The SMILES string of the molecule is O=C1Nc2ccc(Oc3c(Cl)cc(-n4ncc(=O)[nH]c4=O)cc3Cl)cc2C12CCC2. The molecule has 152 valence electrons. The quantitative estimate of drug-likeness (QED) is 0.643. The van der Waals surface area contributed by atoms with Gasteiger partial charge in [0.2, 0.25) is 5.91 Å². The van der Waals surface area contributed by atoms with Crippen LogP contribution in [0.15, 0.2) is 46.1 Å². The molecule has 1 saturated carbocycles. The zero-order chi connectivity index (χ0) is 21.0. The fraction of sp³-hybridized carbons (Fsp3) is 0.200. The summed E-state index contributed by atoms with van der Waals surface area (Å²) in [5, 5.41) is 7.03. The van der Waals surface area contributed by atoms with Gasteiger partial charge in [-0.15, -0.1) is 0 Å². The minimum Gasteiger partial charge on any atom is -0.454 e. The maximum Gasteiger partial charge on any atom is 0.349 e. The van der Waals surface area contributed by atoms with E-state index in [9.17, 15) is 14.4 Å². The number of halogens is 2. The number of ether oxygens (including phenoxy) is 1. The summed E-state index contributed by atoms with van der Waals surface area (Å²) in [5.74, 6) is 0.729. The Labute approximate surface area is 179 Å². The number of benzene rings is 2. The molecule has 1 aromatic heterocycles. The van der Waals surface area contributed by atoms with Gasteiger partial charge in [0.15, 0.2) is 5.75 Å². The molecule has 1 aliphatic carbocycles. The summed E-state index contributed by atoms with van der Waals surface area (Å²) in [6.45, 7) is 0. The molecule has 2 aliphatic rings. The fourth-order valence-corrected chi connectivity index (χ4v) is 4.46. The topological polar surface area (TPSA) is 106 Å². The highest BCUT2D eigenvalue weighted by Crippen LogP contribution is 2.52. The third kappa shape index (κ3) is 2.83. The van der Waals surface area contributed by atoms with Crippen LogP contribution in [0.2, 0.25) is 10.0 Å². The second-order valence-electron chi connectivity index (χ2n) is 7.29. The molecular formula is C20H14Cl2N4O4. The van der Waals surface area contributed by atoms with Gasteiger partial charge in [-0.05, 0) is 48.7 Å². The van der Waals surface area contributed by atoms with E-state index in [1.165, 1.54) is 12.1 Å². The van der Waals surface area contributed by atoms with Crippen LogP contribution in [0.1, 0.15) is 24.8 Å². The van der Waals surface area contributed by atoms with E-state index in [4.69, 9.17) is 27.9 Å². The van der Waals surface area contributed by atoms with Crippen LogP contribution in [0.25, 0.3) is 5.69 Å². The second kappa shape index (κ2) is 6.72. The molecule has 1 spiro atoms. The van der Waals surface area contributed by atoms with Gasteiger partial charge in [0.05, 0.1) is 21.1 Å². The van der Waals surface area contributed by atoms with Crippen molar-refractivity contribution in [3.63, 3.8) is 0 Å². The summed E-state index contributed by atoms with van der Waals surface area (Å²) in [6, 6.07) is 8.28. The summed E-state index contributed by atoms with van der Waals surface area (Å²) < 4.78 is 6.90. The van der Waals surface area contributed by atoms with Crippen LogP contribution in [0.4, 0.5) is 5.69 Å². The van der Waals surface area contributed by atoms with Gasteiger partial charge in [-0.1, -0.05) is 29.6 Å². The maximum absolute atomic E-state index is 12.4. The lowest BCUT2D eigenvalue weighted by Gasteiger charge is -2.36. The number of anilines is 1. The number of hydrogen-bond donors (Lipinski definition) is 2. The van der Waals surface area contributed by atoms with Gasteiger partial charge >= 0.3 is 5.69 Å². The van der Waals surface area contributed by atoms with E-state index in [0.717, 1.165) is 41.4 Å². The first-order valence-electron chi connectivity index (χ1n) is 9.19. The second-order valence-corrected chi connectivity index (χ2v) is 8.10. The van der Waals surface area contributed by atoms with Crippen molar-refractivity contribution in [1.82, 2.24) is 14.8 Å². The molecule has 2 aromatic carbocycles. The molecule has 3 aromatic rings. The average molecular weight is 445 g/mol. The molecule has 2 heterocycles. The van der Waals surface area contributed by atoms with Crippen molar-refractivity contribution in [2.24, 2.45) is 0 Å². The van der Waals surface area contributed by atoms with Crippen LogP contribution < -0.4 is 21.3 Å². The van der Waals surface area contributed by atoms with Crippen LogP contribution in [0.3, 0.4) is 0 Å². The molecule has 2 N–H and O–H groups in total. The summed E-state index contributed by atoms with van der Waals surface area (Å²) in [7, 11) is 0. The predicted molar refractivity (Wildman–Crippen MR) is 111 cm³/mol. The fourth-order valence-electron chi connectivity index (χ4n) is 3.90. The first-order valence-corrected chi connectivity index (χ1v) is 9.95. The Hall–Kier alpha value is -3.10. The summed E-state index contributed by atoms with van der Waals surface area (Å²) in [6.07, 6.45) is 3.61. The van der Waals surface area contributed by atoms with Crippen molar-refractivity contribution in [2.45, 2.75) is 24.7 Å². The molecule has 0 unspecified atom stereocenters. The van der Waals surface area contributed by atoms with Crippen molar-refractivity contribution in [2.75, 3.05) is 5.32 Å². The first kappa shape index (κ1) is 18.9. The maximum atomic E-state index is 12.4. The number of aromatic nitrogens is 3. The van der Waals surface area contributed by atoms with Gasteiger partial charge < -0.3 is 10.1 Å². The average Bonchev–Trinajstić information content (AvgIpc) is 2.95. The molecule has 30 heavy (non-hydrogen) atoms. The zero-order valence-corrected chi connectivity index (χ0v) is 16.9. The van der Waals surface area contributed by atoms with Crippen LogP contribution in [-0.2, 0) is 10.2 Å². The summed E-state index contributed by atoms with van der Waals surface area (Å²) in [5.41, 5.74) is 0.193. The van der Waals surface area contributed by atoms with E-state index in [0.29, 0.717) is 5.75 Å². The number of hydrogen-bond acceptors (Lipinski definition) is 5. The predicted octanol–water partition coefficient (Wildman–Crippen LogP) is 3.39. The lowest BCUT2D eigenvalue weighted by molar-refractivity contribution is -0.123. The molecule has 0 atom stereocenters. The van der Waals surface area contributed by atoms with Gasteiger partial charge in [-0.3, -0.25) is 14.6 Å². The highest BCUT2D eigenvalue weighted by atomic mass is 35.5.